The molecule has 2 atom stereocenters. The van der Waals surface area contributed by atoms with Crippen molar-refractivity contribution in [2.75, 3.05) is 75.5 Å². The number of hydrogen-bond acceptors (Lipinski definition) is 10. The van der Waals surface area contributed by atoms with E-state index >= 15 is 0 Å². The summed E-state index contributed by atoms with van der Waals surface area (Å²) in [6.07, 6.45) is 0. The molecule has 2 unspecified atom stereocenters. The van der Waals surface area contributed by atoms with Crippen LogP contribution in [0.5, 0.6) is 0 Å². The molecule has 0 saturated carbocycles. The summed E-state index contributed by atoms with van der Waals surface area (Å²) < 4.78 is 14.6. The summed E-state index contributed by atoms with van der Waals surface area (Å²) in [7, 11) is 4.34. The molecule has 4 aliphatic rings. The van der Waals surface area contributed by atoms with Gasteiger partial charge in [-0.15, -0.1) is 22.7 Å². The average molecular weight is 834 g/mol. The summed E-state index contributed by atoms with van der Waals surface area (Å²) in [4.78, 5) is 30.9. The maximum atomic E-state index is 12.4. The molecule has 2 fully saturated rings. The van der Waals surface area contributed by atoms with Crippen LogP contribution in [0.2, 0.25) is 10.0 Å². The van der Waals surface area contributed by atoms with Gasteiger partial charge in [0.05, 0.1) is 45.7 Å². The molecule has 4 aliphatic heterocycles. The van der Waals surface area contributed by atoms with Crippen LogP contribution >= 0.6 is 74.6 Å². The van der Waals surface area contributed by atoms with E-state index in [1.165, 1.54) is 5.56 Å². The third-order valence-corrected chi connectivity index (χ3v) is 12.9. The van der Waals surface area contributed by atoms with E-state index in [0.29, 0.717) is 13.1 Å². The van der Waals surface area contributed by atoms with Gasteiger partial charge < -0.3 is 29.9 Å². The molecule has 2 aromatic carbocycles. The van der Waals surface area contributed by atoms with Gasteiger partial charge in [-0.05, 0) is 63.0 Å². The summed E-state index contributed by atoms with van der Waals surface area (Å²) >= 11 is 22.1. The van der Waals surface area contributed by atoms with Crippen LogP contribution in [0.4, 0.5) is 10.0 Å². The van der Waals surface area contributed by atoms with Gasteiger partial charge in [0, 0.05) is 66.7 Å². The molecule has 8 rings (SSSR count). The van der Waals surface area contributed by atoms with E-state index in [1.54, 1.807) is 22.7 Å². The Hall–Kier alpha value is -2.43. The Morgan fingerprint density at radius 2 is 1.26 bits per heavy atom. The summed E-state index contributed by atoms with van der Waals surface area (Å²) in [5.74, 6) is 0.372. The number of benzene rings is 2. The predicted molar refractivity (Wildman–Crippen MR) is 211 cm³/mol. The fourth-order valence-electron chi connectivity index (χ4n) is 6.36. The van der Waals surface area contributed by atoms with Crippen LogP contribution in [-0.4, -0.2) is 85.1 Å². The number of carbonyl (C=O) groups is 2. The van der Waals surface area contributed by atoms with Crippen molar-refractivity contribution in [2.45, 2.75) is 11.8 Å². The number of morpholine rings is 2. The van der Waals surface area contributed by atoms with Crippen LogP contribution in [0.1, 0.15) is 53.4 Å². The number of ether oxygens (including phenoxy) is 2. The number of hydrogen-bond donors (Lipinski definition) is 3. The van der Waals surface area contributed by atoms with Crippen molar-refractivity contribution < 1.29 is 19.1 Å². The van der Waals surface area contributed by atoms with E-state index in [0.717, 1.165) is 104 Å². The second-order valence-corrected chi connectivity index (χ2v) is 15.7. The second kappa shape index (κ2) is 17.4. The van der Waals surface area contributed by atoms with Gasteiger partial charge in [0.1, 0.15) is 5.00 Å². The number of anilines is 2. The van der Waals surface area contributed by atoms with E-state index < -0.39 is 0 Å². The van der Waals surface area contributed by atoms with Gasteiger partial charge in [0.2, 0.25) is 0 Å². The summed E-state index contributed by atoms with van der Waals surface area (Å²) in [5, 5.41) is 9.77. The molecule has 0 spiro atoms. The number of rotatable bonds is 4. The van der Waals surface area contributed by atoms with Crippen molar-refractivity contribution in [1.82, 2.24) is 10.6 Å². The number of fused-ring (bicyclic) bond motifs is 2. The van der Waals surface area contributed by atoms with Crippen LogP contribution in [0.3, 0.4) is 0 Å². The third kappa shape index (κ3) is 8.44. The zero-order valence-corrected chi connectivity index (χ0v) is 32.5. The van der Waals surface area contributed by atoms with Crippen LogP contribution in [0, 0.1) is 0 Å². The minimum absolute atomic E-state index is 0.0143. The number of thiol groups is 1. The molecular formula is C34H34BBrCl2N5O4S3. The Bertz CT molecular complexity index is 1820. The monoisotopic (exact) mass is 832 g/mol. The first-order chi connectivity index (χ1) is 24.3. The summed E-state index contributed by atoms with van der Waals surface area (Å²) in [6.45, 7) is 7.64. The molecule has 2 N–H and O–H groups in total. The van der Waals surface area contributed by atoms with Crippen molar-refractivity contribution in [3.05, 3.63) is 101 Å². The maximum absolute atomic E-state index is 12.4. The van der Waals surface area contributed by atoms with Gasteiger partial charge >= 0.3 is 24.8 Å². The summed E-state index contributed by atoms with van der Waals surface area (Å²) in [6, 6.07) is 17.9. The third-order valence-electron chi connectivity index (χ3n) is 8.85. The normalized spacial score (nSPS) is 19.8. The molecule has 4 aromatic rings. The van der Waals surface area contributed by atoms with Crippen molar-refractivity contribution in [3.63, 3.8) is 0 Å². The van der Waals surface area contributed by atoms with E-state index in [-0.39, 0.29) is 23.7 Å². The predicted octanol–water partition coefficient (Wildman–Crippen LogP) is 7.17. The van der Waals surface area contributed by atoms with Crippen molar-refractivity contribution in [3.8, 4) is 0 Å². The molecule has 261 valence electrons. The SMILES string of the molecule is O=C1NCC(c2ccc(Cl)cc2)c2c1sc(N1CCOCC1)c2Br.O=C1NCC(c2ccc(Cl)cc2)c2cc(N3CCOCC3)sc21.[B]=NS. The molecule has 16 heteroatoms. The van der Waals surface area contributed by atoms with E-state index in [4.69, 9.17) is 32.7 Å². The molecule has 2 aromatic heterocycles. The molecule has 1 radical (unpaired) electrons. The first kappa shape index (κ1) is 37.3. The molecular weight excluding hydrogens is 800 g/mol. The molecule has 6 heterocycles. The minimum atomic E-state index is 0.0143. The van der Waals surface area contributed by atoms with Gasteiger partial charge in [-0.2, -0.15) is 0 Å². The molecule has 0 aliphatic carbocycles. The van der Waals surface area contributed by atoms with Crippen molar-refractivity contribution >= 4 is 104 Å². The van der Waals surface area contributed by atoms with Crippen LogP contribution in [0.25, 0.3) is 0 Å². The van der Waals surface area contributed by atoms with Gasteiger partial charge in [-0.3, -0.25) is 9.59 Å². The Labute approximate surface area is 324 Å². The Morgan fingerprint density at radius 1 is 0.780 bits per heavy atom. The zero-order valence-electron chi connectivity index (χ0n) is 26.9. The van der Waals surface area contributed by atoms with Crippen LogP contribution in [0.15, 0.2) is 63.4 Å². The Balaban J connectivity index is 0.000000161. The van der Waals surface area contributed by atoms with Gasteiger partial charge in [0.15, 0.2) is 0 Å². The number of nitrogens with zero attached hydrogens (tertiary/aromatic N) is 3. The van der Waals surface area contributed by atoms with Crippen molar-refractivity contribution in [2.24, 2.45) is 4.30 Å². The van der Waals surface area contributed by atoms with E-state index in [2.05, 4.69) is 67.2 Å². The van der Waals surface area contributed by atoms with Gasteiger partial charge in [-0.1, -0.05) is 47.5 Å². The number of nitrogens with one attached hydrogen (secondary N) is 2. The average Bonchev–Trinajstić information content (AvgIpc) is 3.75. The topological polar surface area (TPSA) is 95.5 Å². The Kier molecular flexibility index (Phi) is 13.0. The van der Waals surface area contributed by atoms with E-state index in [9.17, 15) is 9.59 Å². The van der Waals surface area contributed by atoms with Crippen LogP contribution < -0.4 is 20.4 Å². The molecule has 50 heavy (non-hydrogen) atoms. The molecule has 2 saturated heterocycles. The second-order valence-electron chi connectivity index (χ2n) is 11.8. The standard InChI is InChI=1S/C17H16BrClN2O2S.C17H17ClN2O2S.BHNS/c18-14-13-12(10-1-3-11(19)4-2-10)9-20-16(22)15(13)24-17(14)21-5-7-23-8-6-21;18-12-3-1-11(2-4-12)14-10-19-17(21)16-13(14)9-15(23-16)20-5-7-22-8-6-20;1-2-3/h1-4,12H,5-9H2,(H,20,22);1-4,9,14H,5-8,10H2,(H,19,21);3H. The fourth-order valence-corrected chi connectivity index (χ4v) is 10.1. The zero-order chi connectivity index (χ0) is 35.2. The van der Waals surface area contributed by atoms with Crippen LogP contribution in [-0.2, 0) is 9.47 Å². The molecule has 2 amide bonds. The molecule has 0 bridgehead atoms. The fraction of sp³-hybridized carbons (Fsp3) is 0.353. The van der Waals surface area contributed by atoms with Gasteiger partial charge in [-0.25, -0.2) is 0 Å². The Morgan fingerprint density at radius 3 is 1.82 bits per heavy atom. The number of thiophene rings is 2. The number of halogens is 3. The number of amides is 2. The molecule has 9 nitrogen and oxygen atoms in total. The first-order valence-electron chi connectivity index (χ1n) is 16.0. The quantitative estimate of drug-likeness (QED) is 0.149. The number of carbonyl (C=O) groups excluding carboxylic acids is 2. The van der Waals surface area contributed by atoms with E-state index in [1.807, 2.05) is 48.5 Å². The van der Waals surface area contributed by atoms with Gasteiger partial charge in [0.25, 0.3) is 11.8 Å². The summed E-state index contributed by atoms with van der Waals surface area (Å²) in [5.41, 5.74) is 4.56. The van der Waals surface area contributed by atoms with Crippen molar-refractivity contribution in [1.29, 1.82) is 0 Å². The first-order valence-corrected chi connectivity index (χ1v) is 19.6.